The maximum atomic E-state index is 14.8. The molecule has 1 saturated heterocycles. The Labute approximate surface area is 471 Å². The van der Waals surface area contributed by atoms with Crippen LogP contribution >= 0.6 is 0 Å². The number of esters is 1. The van der Waals surface area contributed by atoms with Gasteiger partial charge in [-0.15, -0.1) is 0 Å². The van der Waals surface area contributed by atoms with Crippen molar-refractivity contribution in [2.24, 2.45) is 23.7 Å². The number of nitrogens with zero attached hydrogens (tertiary/aromatic N) is 3. The third-order valence-electron chi connectivity index (χ3n) is 15.0. The molecule has 1 aliphatic rings. The Bertz CT molecular complexity index is 2490. The molecule has 0 spiro atoms. The molecular formula is C59H86N6O15. The summed E-state index contributed by atoms with van der Waals surface area (Å²) in [6.07, 6.45) is -3.96. The molecule has 80 heavy (non-hydrogen) atoms. The molecule has 6 amide bonds. The number of carbonyl (C=O) groups excluding carboxylic acids is 7. The maximum absolute atomic E-state index is 14.8. The van der Waals surface area contributed by atoms with E-state index in [4.69, 9.17) is 33.2 Å². The second-order valence-electron chi connectivity index (χ2n) is 21.1. The summed E-state index contributed by atoms with van der Waals surface area (Å²) in [4.78, 5) is 101. The number of rotatable bonds is 28. The number of amides is 6. The molecule has 4 N–H and O–H groups in total. The lowest BCUT2D eigenvalue weighted by Gasteiger charge is -2.41. The van der Waals surface area contributed by atoms with E-state index in [1.54, 1.807) is 83.8 Å². The van der Waals surface area contributed by atoms with Crippen molar-refractivity contribution in [1.82, 2.24) is 25.3 Å². The van der Waals surface area contributed by atoms with Gasteiger partial charge in [-0.2, -0.15) is 0 Å². The number of benzene rings is 3. The van der Waals surface area contributed by atoms with Crippen molar-refractivity contribution in [2.75, 3.05) is 61.5 Å². The highest BCUT2D eigenvalue weighted by Crippen LogP contribution is 2.31. The second-order valence-corrected chi connectivity index (χ2v) is 21.1. The number of anilines is 1. The molecule has 0 aliphatic carbocycles. The Morgan fingerprint density at radius 1 is 0.750 bits per heavy atom. The van der Waals surface area contributed by atoms with Crippen molar-refractivity contribution in [2.45, 2.75) is 142 Å². The highest BCUT2D eigenvalue weighted by atomic mass is 16.6. The summed E-state index contributed by atoms with van der Waals surface area (Å²) in [6.45, 7) is 14.8. The number of likely N-dealkylation sites (N-methyl/N-ethyl adjacent to an activating group) is 2. The summed E-state index contributed by atoms with van der Waals surface area (Å²) in [5, 5.41) is 19.4. The van der Waals surface area contributed by atoms with E-state index in [0.717, 1.165) is 12.0 Å². The van der Waals surface area contributed by atoms with Crippen LogP contribution in [-0.2, 0) is 54.3 Å². The summed E-state index contributed by atoms with van der Waals surface area (Å²) >= 11 is 0. The zero-order valence-corrected chi connectivity index (χ0v) is 49.2. The molecule has 4 rings (SSSR count). The molecule has 1 fully saturated rings. The lowest BCUT2D eigenvalue weighted by atomic mass is 9.89. The van der Waals surface area contributed by atoms with Crippen LogP contribution in [0.25, 0.3) is 0 Å². The Hall–Kier alpha value is -6.97. The number of likely N-dealkylation sites (tertiary alicyclic amines) is 1. The monoisotopic (exact) mass is 1120 g/mol. The smallest absolute Gasteiger partial charge is 0.411 e. The average molecular weight is 1120 g/mol. The third kappa shape index (κ3) is 17.3. The van der Waals surface area contributed by atoms with Gasteiger partial charge in [-0.05, 0) is 72.9 Å². The summed E-state index contributed by atoms with van der Waals surface area (Å²) in [6, 6.07) is 16.1. The minimum Gasteiger partial charge on any atom is -0.497 e. The van der Waals surface area contributed by atoms with Gasteiger partial charge in [-0.3, -0.25) is 29.4 Å². The first-order valence-corrected chi connectivity index (χ1v) is 27.2. The Kier molecular flexibility index (Phi) is 25.5. The van der Waals surface area contributed by atoms with Gasteiger partial charge in [-0.25, -0.2) is 14.4 Å². The van der Waals surface area contributed by atoms with Crippen LogP contribution in [0.5, 0.6) is 11.5 Å². The van der Waals surface area contributed by atoms with Crippen LogP contribution in [-0.4, -0.2) is 160 Å². The first-order valence-electron chi connectivity index (χ1n) is 27.2. The first-order chi connectivity index (χ1) is 38.0. The van der Waals surface area contributed by atoms with Crippen molar-refractivity contribution < 1.29 is 71.8 Å². The number of hydrogen-bond donors (Lipinski definition) is 4. The number of aliphatic hydroxyl groups excluding tert-OH is 1. The number of ether oxygens (including phenoxy) is 7. The Morgan fingerprint density at radius 3 is 1.91 bits per heavy atom. The van der Waals surface area contributed by atoms with E-state index in [1.807, 2.05) is 32.0 Å². The van der Waals surface area contributed by atoms with Crippen LogP contribution in [0.1, 0.15) is 110 Å². The van der Waals surface area contributed by atoms with E-state index in [0.29, 0.717) is 54.1 Å². The molecular weight excluding hydrogens is 1030 g/mol. The highest BCUT2D eigenvalue weighted by molar-refractivity contribution is 5.92. The second kappa shape index (κ2) is 31.1. The molecule has 2 unspecified atom stereocenters. The van der Waals surface area contributed by atoms with Crippen molar-refractivity contribution in [1.29, 1.82) is 0 Å². The van der Waals surface area contributed by atoms with E-state index >= 15 is 0 Å². The minimum atomic E-state index is -1.57. The molecule has 0 radical (unpaired) electrons. The average Bonchev–Trinajstić information content (AvgIpc) is 3.94. The van der Waals surface area contributed by atoms with Crippen LogP contribution in [0.4, 0.5) is 15.3 Å². The highest BCUT2D eigenvalue weighted by Gasteiger charge is 2.44. The fourth-order valence-corrected chi connectivity index (χ4v) is 10.2. The van der Waals surface area contributed by atoms with Gasteiger partial charge in [0.2, 0.25) is 29.7 Å². The number of aliphatic hydroxyl groups is 1. The number of carbonyl (C=O) groups is 7. The van der Waals surface area contributed by atoms with Crippen molar-refractivity contribution in [3.05, 3.63) is 89.5 Å². The molecule has 11 atom stereocenters. The van der Waals surface area contributed by atoms with E-state index in [2.05, 4.69) is 16.0 Å². The van der Waals surface area contributed by atoms with E-state index in [9.17, 15) is 38.7 Å². The fourth-order valence-electron chi connectivity index (χ4n) is 10.2. The van der Waals surface area contributed by atoms with Crippen molar-refractivity contribution >= 4 is 47.5 Å². The maximum Gasteiger partial charge on any atom is 0.411 e. The zero-order chi connectivity index (χ0) is 59.5. The van der Waals surface area contributed by atoms with E-state index in [-0.39, 0.29) is 36.3 Å². The zero-order valence-electron chi connectivity index (χ0n) is 49.2. The van der Waals surface area contributed by atoms with Gasteiger partial charge in [0.15, 0.2) is 0 Å². The van der Waals surface area contributed by atoms with Crippen molar-refractivity contribution in [3.63, 3.8) is 0 Å². The predicted molar refractivity (Wildman–Crippen MR) is 299 cm³/mol. The molecule has 0 saturated carbocycles. The largest absolute Gasteiger partial charge is 0.497 e. The number of methoxy groups -OCH3 is 5. The van der Waals surface area contributed by atoms with E-state index < -0.39 is 102 Å². The lowest BCUT2D eigenvalue weighted by molar-refractivity contribution is -0.151. The van der Waals surface area contributed by atoms with Crippen LogP contribution in [0, 0.1) is 23.7 Å². The number of nitrogens with one attached hydrogen (secondary N) is 3. The Morgan fingerprint density at radius 2 is 1.38 bits per heavy atom. The molecule has 3 aromatic carbocycles. The SMILES string of the molecule is CC[C@@H](C)[C@H]([C@H](CC(=O)N1CCC[C@@H]1[C@@H](OC)C(C)C(=O)N[C@@H](C)[C@H](O)c1ccccc1)OC)N(C)C(=O)[C@H](NC(=O)[C@@H](C(C)C)N(C)C(=O)OC(C(=O)OC)c1ccc(NC(=O)OCc2cc(OC)cc(OC)c2)cc1)C(C)C. The van der Waals surface area contributed by atoms with Crippen LogP contribution in [0.2, 0.25) is 0 Å². The molecule has 1 heterocycles. The minimum absolute atomic E-state index is 0.0869. The van der Waals surface area contributed by atoms with Crippen LogP contribution in [0.15, 0.2) is 72.8 Å². The van der Waals surface area contributed by atoms with Crippen LogP contribution < -0.4 is 25.4 Å². The van der Waals surface area contributed by atoms with Crippen LogP contribution in [0.3, 0.4) is 0 Å². The summed E-state index contributed by atoms with van der Waals surface area (Å²) < 4.78 is 38.7. The lowest BCUT2D eigenvalue weighted by Crippen LogP contribution is -2.60. The molecule has 1 aliphatic heterocycles. The van der Waals surface area contributed by atoms with Gasteiger partial charge in [0.1, 0.15) is 30.2 Å². The number of hydrogen-bond acceptors (Lipinski definition) is 15. The molecule has 21 heteroatoms. The standard InChI is InChI=1S/C59H86N6O15/c1-16-36(6)50(46(76-13)32-47(66)65-28-20-23-45(65)52(77-14)37(7)54(68)60-38(8)51(67)40-21-18-17-19-22-40)63(9)56(70)48(34(2)3)62-55(69)49(35(4)5)64(10)59(73)80-53(57(71)78-15)41-24-26-42(27-25-41)61-58(72)79-33-39-29-43(74-11)31-44(30-39)75-12/h17-19,21-22,24-27,29-31,34-38,45-46,48-53,67H,16,20,23,28,32-33H2,1-15H3,(H,60,68)(H,61,72)(H,62,69)/t36-,37?,38+,45-,46+,48-,49-,50-,51+,52+,53?/m1/s1. The van der Waals surface area contributed by atoms with Crippen molar-refractivity contribution in [3.8, 4) is 11.5 Å². The van der Waals surface area contributed by atoms with Gasteiger partial charge in [0.25, 0.3) is 0 Å². The predicted octanol–water partition coefficient (Wildman–Crippen LogP) is 7.06. The van der Waals surface area contributed by atoms with Gasteiger partial charge in [-0.1, -0.05) is 97.4 Å². The molecule has 442 valence electrons. The quantitative estimate of drug-likeness (QED) is 0.0420. The first kappa shape index (κ1) is 65.5. The topological polar surface area (TPSA) is 250 Å². The van der Waals surface area contributed by atoms with Gasteiger partial charge in [0, 0.05) is 52.2 Å². The normalized spacial score (nSPS) is 17.0. The summed E-state index contributed by atoms with van der Waals surface area (Å²) in [5.74, 6) is -3.34. The molecule has 0 aromatic heterocycles. The van der Waals surface area contributed by atoms with Gasteiger partial charge in [0.05, 0.1) is 70.1 Å². The fraction of sp³-hybridized carbons (Fsp3) is 0.576. The molecule has 21 nitrogen and oxygen atoms in total. The molecule has 3 aromatic rings. The Balaban J connectivity index is 1.45. The third-order valence-corrected chi connectivity index (χ3v) is 15.0. The van der Waals surface area contributed by atoms with Gasteiger partial charge < -0.3 is 58.7 Å². The van der Waals surface area contributed by atoms with Gasteiger partial charge >= 0.3 is 18.2 Å². The summed E-state index contributed by atoms with van der Waals surface area (Å²) in [5.41, 5.74) is 1.80. The summed E-state index contributed by atoms with van der Waals surface area (Å²) in [7, 11) is 10.1. The van der Waals surface area contributed by atoms with E-state index in [1.165, 1.54) is 64.7 Å². The molecule has 0 bridgehead atoms.